The summed E-state index contributed by atoms with van der Waals surface area (Å²) in [5.41, 5.74) is 0.877. The van der Waals surface area contributed by atoms with Crippen LogP contribution in [0.25, 0.3) is 11.4 Å². The van der Waals surface area contributed by atoms with Gasteiger partial charge < -0.3 is 9.26 Å². The van der Waals surface area contributed by atoms with Gasteiger partial charge in [-0.15, -0.1) is 0 Å². The van der Waals surface area contributed by atoms with Crippen molar-refractivity contribution in [3.8, 4) is 11.4 Å². The summed E-state index contributed by atoms with van der Waals surface area (Å²) in [5.74, 6) is 1.26. The minimum absolute atomic E-state index is 0.0785. The number of rotatable bonds is 3. The van der Waals surface area contributed by atoms with Crippen molar-refractivity contribution in [2.24, 2.45) is 0 Å². The molecule has 1 saturated heterocycles. The lowest BCUT2D eigenvalue weighted by Gasteiger charge is -2.37. The molecule has 2 aromatic rings. The van der Waals surface area contributed by atoms with Crippen LogP contribution in [0.4, 0.5) is 0 Å². The van der Waals surface area contributed by atoms with E-state index < -0.39 is 0 Å². The monoisotopic (exact) mass is 300 g/mol. The second-order valence-corrected chi connectivity index (χ2v) is 5.96. The van der Waals surface area contributed by atoms with Gasteiger partial charge in [-0.2, -0.15) is 4.98 Å². The quantitative estimate of drug-likeness (QED) is 0.867. The molecule has 2 fully saturated rings. The minimum atomic E-state index is 0.0785. The standard InChI is InChI=1S/C16H20N4O2/c1-2-6-13(5-1)20-8-9-21-11-14(20)16-18-15(19-22-16)12-4-3-7-17-10-12/h3-4,7,10,13-14H,1-2,5-6,8-9,11H2. The van der Waals surface area contributed by atoms with Crippen LogP contribution in [0.2, 0.25) is 0 Å². The summed E-state index contributed by atoms with van der Waals surface area (Å²) in [5, 5.41) is 4.11. The Morgan fingerprint density at radius 2 is 2.14 bits per heavy atom. The summed E-state index contributed by atoms with van der Waals surface area (Å²) >= 11 is 0. The molecule has 0 radical (unpaired) electrons. The zero-order chi connectivity index (χ0) is 14.8. The van der Waals surface area contributed by atoms with Gasteiger partial charge in [0.15, 0.2) is 0 Å². The Balaban J connectivity index is 1.58. The average molecular weight is 300 g/mol. The number of pyridine rings is 1. The smallest absolute Gasteiger partial charge is 0.246 e. The van der Waals surface area contributed by atoms with E-state index in [1.54, 1.807) is 12.4 Å². The van der Waals surface area contributed by atoms with Crippen molar-refractivity contribution >= 4 is 0 Å². The van der Waals surface area contributed by atoms with Crippen LogP contribution < -0.4 is 0 Å². The number of hydrogen-bond donors (Lipinski definition) is 0. The van der Waals surface area contributed by atoms with Crippen molar-refractivity contribution in [1.29, 1.82) is 0 Å². The molecule has 1 aliphatic carbocycles. The molecule has 0 amide bonds. The summed E-state index contributed by atoms with van der Waals surface area (Å²) in [7, 11) is 0. The molecule has 2 aromatic heterocycles. The minimum Gasteiger partial charge on any atom is -0.378 e. The third-order valence-electron chi connectivity index (χ3n) is 4.61. The molecule has 0 bridgehead atoms. The maximum absolute atomic E-state index is 5.66. The van der Waals surface area contributed by atoms with Crippen LogP contribution in [-0.4, -0.2) is 45.8 Å². The van der Waals surface area contributed by atoms with E-state index >= 15 is 0 Å². The van der Waals surface area contributed by atoms with Gasteiger partial charge in [-0.25, -0.2) is 0 Å². The van der Waals surface area contributed by atoms with Gasteiger partial charge in [0.1, 0.15) is 6.04 Å². The van der Waals surface area contributed by atoms with Crippen molar-refractivity contribution in [2.45, 2.75) is 37.8 Å². The van der Waals surface area contributed by atoms with E-state index in [-0.39, 0.29) is 6.04 Å². The maximum atomic E-state index is 5.66. The van der Waals surface area contributed by atoms with E-state index in [0.29, 0.717) is 24.4 Å². The fourth-order valence-electron chi connectivity index (χ4n) is 3.49. The van der Waals surface area contributed by atoms with Crippen LogP contribution in [0.15, 0.2) is 29.0 Å². The van der Waals surface area contributed by atoms with Crippen LogP contribution >= 0.6 is 0 Å². The second-order valence-electron chi connectivity index (χ2n) is 5.96. The normalized spacial score (nSPS) is 23.9. The fraction of sp³-hybridized carbons (Fsp3) is 0.562. The summed E-state index contributed by atoms with van der Waals surface area (Å²) < 4.78 is 11.2. The Morgan fingerprint density at radius 3 is 2.95 bits per heavy atom. The van der Waals surface area contributed by atoms with Crippen LogP contribution in [-0.2, 0) is 4.74 Å². The second kappa shape index (κ2) is 6.14. The van der Waals surface area contributed by atoms with Crippen molar-refractivity contribution < 1.29 is 9.26 Å². The molecule has 1 aliphatic heterocycles. The van der Waals surface area contributed by atoms with Crippen molar-refractivity contribution in [3.05, 3.63) is 30.4 Å². The van der Waals surface area contributed by atoms with Gasteiger partial charge in [0.05, 0.1) is 13.2 Å². The van der Waals surface area contributed by atoms with Gasteiger partial charge in [-0.05, 0) is 25.0 Å². The van der Waals surface area contributed by atoms with Crippen LogP contribution in [0.3, 0.4) is 0 Å². The molecule has 1 unspecified atom stereocenters. The van der Waals surface area contributed by atoms with E-state index in [4.69, 9.17) is 9.26 Å². The molecule has 0 spiro atoms. The zero-order valence-corrected chi connectivity index (χ0v) is 12.5. The molecule has 116 valence electrons. The van der Waals surface area contributed by atoms with E-state index in [1.807, 2.05) is 12.1 Å². The molecule has 0 N–H and O–H groups in total. The Hall–Kier alpha value is -1.79. The van der Waals surface area contributed by atoms with E-state index in [1.165, 1.54) is 25.7 Å². The molecule has 6 nitrogen and oxygen atoms in total. The van der Waals surface area contributed by atoms with Gasteiger partial charge in [0, 0.05) is 30.5 Å². The molecular formula is C16H20N4O2. The van der Waals surface area contributed by atoms with E-state index in [0.717, 1.165) is 18.7 Å². The predicted octanol–water partition coefficient (Wildman–Crippen LogP) is 2.45. The number of aromatic nitrogens is 3. The van der Waals surface area contributed by atoms with E-state index in [9.17, 15) is 0 Å². The first kappa shape index (κ1) is 13.8. The van der Waals surface area contributed by atoms with Gasteiger partial charge in [0.2, 0.25) is 11.7 Å². The first-order valence-corrected chi connectivity index (χ1v) is 7.99. The topological polar surface area (TPSA) is 64.3 Å². The average Bonchev–Trinajstić information content (AvgIpc) is 3.28. The highest BCUT2D eigenvalue weighted by molar-refractivity contribution is 5.51. The summed E-state index contributed by atoms with van der Waals surface area (Å²) in [6, 6.07) is 4.52. The first-order valence-electron chi connectivity index (χ1n) is 7.99. The Kier molecular flexibility index (Phi) is 3.86. The van der Waals surface area contributed by atoms with Gasteiger partial charge in [-0.3, -0.25) is 9.88 Å². The Morgan fingerprint density at radius 1 is 1.23 bits per heavy atom. The van der Waals surface area contributed by atoms with Crippen molar-refractivity contribution in [1.82, 2.24) is 20.0 Å². The van der Waals surface area contributed by atoms with Gasteiger partial charge >= 0.3 is 0 Å². The molecule has 4 rings (SSSR count). The molecule has 6 heteroatoms. The summed E-state index contributed by atoms with van der Waals surface area (Å²) in [6.45, 7) is 2.36. The fourth-order valence-corrected chi connectivity index (χ4v) is 3.49. The lowest BCUT2D eigenvalue weighted by molar-refractivity contribution is -0.0397. The third kappa shape index (κ3) is 2.64. The lowest BCUT2D eigenvalue weighted by Crippen LogP contribution is -2.44. The van der Waals surface area contributed by atoms with Crippen LogP contribution in [0, 0.1) is 0 Å². The van der Waals surface area contributed by atoms with Crippen LogP contribution in [0.5, 0.6) is 0 Å². The summed E-state index contributed by atoms with van der Waals surface area (Å²) in [4.78, 5) is 11.2. The third-order valence-corrected chi connectivity index (χ3v) is 4.61. The lowest BCUT2D eigenvalue weighted by atomic mass is 10.1. The highest BCUT2D eigenvalue weighted by Gasteiger charge is 2.35. The molecule has 2 aliphatic rings. The molecule has 22 heavy (non-hydrogen) atoms. The van der Waals surface area contributed by atoms with Gasteiger partial charge in [-0.1, -0.05) is 18.0 Å². The Bertz CT molecular complexity index is 610. The highest BCUT2D eigenvalue weighted by Crippen LogP contribution is 2.33. The first-order chi connectivity index (χ1) is 10.9. The largest absolute Gasteiger partial charge is 0.378 e. The number of hydrogen-bond acceptors (Lipinski definition) is 6. The van der Waals surface area contributed by atoms with Gasteiger partial charge in [0.25, 0.3) is 0 Å². The number of nitrogens with zero attached hydrogens (tertiary/aromatic N) is 4. The molecular weight excluding hydrogens is 280 g/mol. The molecule has 1 atom stereocenters. The van der Waals surface area contributed by atoms with Crippen LogP contribution in [0.1, 0.15) is 37.6 Å². The molecule has 1 saturated carbocycles. The van der Waals surface area contributed by atoms with Crippen molar-refractivity contribution in [3.63, 3.8) is 0 Å². The van der Waals surface area contributed by atoms with Crippen molar-refractivity contribution in [2.75, 3.05) is 19.8 Å². The molecule has 0 aromatic carbocycles. The summed E-state index contributed by atoms with van der Waals surface area (Å²) in [6.07, 6.45) is 8.65. The predicted molar refractivity (Wildman–Crippen MR) is 80.1 cm³/mol. The Labute approximate surface area is 129 Å². The van der Waals surface area contributed by atoms with E-state index in [2.05, 4.69) is 20.0 Å². The zero-order valence-electron chi connectivity index (χ0n) is 12.5. The number of ether oxygens (including phenoxy) is 1. The molecule has 3 heterocycles. The maximum Gasteiger partial charge on any atom is 0.246 e. The number of morpholine rings is 1. The SMILES string of the molecule is c1cncc(-c2noc(C3COCCN3C3CCCC3)n2)c1. The highest BCUT2D eigenvalue weighted by atomic mass is 16.5.